The second-order valence-electron chi connectivity index (χ2n) is 5.07. The fourth-order valence-corrected chi connectivity index (χ4v) is 2.92. The molecule has 0 aliphatic heterocycles. The molecular formula is C15H19N3. The van der Waals surface area contributed by atoms with E-state index >= 15 is 0 Å². The summed E-state index contributed by atoms with van der Waals surface area (Å²) in [4.78, 5) is 0. The van der Waals surface area contributed by atoms with Gasteiger partial charge in [0, 0.05) is 24.8 Å². The van der Waals surface area contributed by atoms with Gasteiger partial charge in [-0.25, -0.2) is 0 Å². The van der Waals surface area contributed by atoms with Crippen molar-refractivity contribution in [3.8, 4) is 11.1 Å². The Bertz CT molecular complexity index is 596. The second kappa shape index (κ2) is 4.25. The first-order valence-electron chi connectivity index (χ1n) is 6.55. The molecule has 18 heavy (non-hydrogen) atoms. The summed E-state index contributed by atoms with van der Waals surface area (Å²) < 4.78 is 1.92. The summed E-state index contributed by atoms with van der Waals surface area (Å²) in [5.41, 5.74) is 13.5. The van der Waals surface area contributed by atoms with Gasteiger partial charge in [0.2, 0.25) is 0 Å². The van der Waals surface area contributed by atoms with Gasteiger partial charge in [0.05, 0.1) is 5.69 Å². The molecule has 3 rings (SSSR count). The maximum absolute atomic E-state index is 5.81. The summed E-state index contributed by atoms with van der Waals surface area (Å²) in [6.45, 7) is 2.60. The molecule has 0 fully saturated rings. The van der Waals surface area contributed by atoms with Gasteiger partial charge in [-0.15, -0.1) is 0 Å². The molecule has 0 saturated carbocycles. The molecule has 0 saturated heterocycles. The number of nitrogens with two attached hydrogens (primary N) is 1. The summed E-state index contributed by atoms with van der Waals surface area (Å²) in [6.07, 6.45) is 3.72. The van der Waals surface area contributed by atoms with Crippen molar-refractivity contribution < 1.29 is 0 Å². The lowest BCUT2D eigenvalue weighted by atomic mass is 9.99. The fourth-order valence-electron chi connectivity index (χ4n) is 2.92. The third-order valence-corrected chi connectivity index (χ3v) is 3.99. The summed E-state index contributed by atoms with van der Waals surface area (Å²) in [5, 5.41) is 4.49. The molecule has 1 aromatic heterocycles. The predicted molar refractivity (Wildman–Crippen MR) is 73.3 cm³/mol. The monoisotopic (exact) mass is 241 g/mol. The molecule has 0 atom stereocenters. The number of nitrogens with zero attached hydrogens (tertiary/aromatic N) is 2. The molecule has 1 heterocycles. The standard InChI is InChI=1S/C15H19N3/c1-10-15(14(9-16)17-18(10)2)13-7-6-11-4-3-5-12(11)8-13/h6-8H,3-5,9,16H2,1-2H3. The van der Waals surface area contributed by atoms with E-state index < -0.39 is 0 Å². The second-order valence-corrected chi connectivity index (χ2v) is 5.07. The Morgan fingerprint density at radius 1 is 1.28 bits per heavy atom. The Hall–Kier alpha value is -1.61. The van der Waals surface area contributed by atoms with E-state index in [0.29, 0.717) is 6.54 Å². The van der Waals surface area contributed by atoms with Crippen LogP contribution in [0.15, 0.2) is 18.2 Å². The van der Waals surface area contributed by atoms with Crippen molar-refractivity contribution >= 4 is 0 Å². The van der Waals surface area contributed by atoms with E-state index in [1.165, 1.54) is 47.2 Å². The molecule has 3 nitrogen and oxygen atoms in total. The van der Waals surface area contributed by atoms with E-state index in [0.717, 1.165) is 5.69 Å². The smallest absolute Gasteiger partial charge is 0.0841 e. The van der Waals surface area contributed by atoms with Crippen molar-refractivity contribution in [3.63, 3.8) is 0 Å². The molecular weight excluding hydrogens is 222 g/mol. The van der Waals surface area contributed by atoms with E-state index in [2.05, 4.69) is 30.2 Å². The fraction of sp³-hybridized carbons (Fsp3) is 0.400. The molecule has 0 amide bonds. The number of hydrogen-bond donors (Lipinski definition) is 1. The highest BCUT2D eigenvalue weighted by molar-refractivity contribution is 5.70. The van der Waals surface area contributed by atoms with E-state index in [4.69, 9.17) is 5.73 Å². The van der Waals surface area contributed by atoms with Crippen LogP contribution in [0.5, 0.6) is 0 Å². The van der Waals surface area contributed by atoms with Crippen LogP contribution in [0.2, 0.25) is 0 Å². The van der Waals surface area contributed by atoms with Crippen LogP contribution in [0.3, 0.4) is 0 Å². The minimum absolute atomic E-state index is 0.494. The van der Waals surface area contributed by atoms with Gasteiger partial charge in [-0.1, -0.05) is 18.2 Å². The minimum Gasteiger partial charge on any atom is -0.325 e. The van der Waals surface area contributed by atoms with Gasteiger partial charge < -0.3 is 5.73 Å². The SMILES string of the molecule is Cc1c(-c2ccc3c(c2)CCC3)c(CN)nn1C. The molecule has 1 aliphatic rings. The Morgan fingerprint density at radius 2 is 2.06 bits per heavy atom. The lowest BCUT2D eigenvalue weighted by Gasteiger charge is -2.06. The van der Waals surface area contributed by atoms with Crippen molar-refractivity contribution in [3.05, 3.63) is 40.7 Å². The van der Waals surface area contributed by atoms with E-state index in [1.807, 2.05) is 11.7 Å². The zero-order chi connectivity index (χ0) is 12.7. The summed E-state index contributed by atoms with van der Waals surface area (Å²) in [5.74, 6) is 0. The number of aryl methyl sites for hydroxylation is 3. The highest BCUT2D eigenvalue weighted by atomic mass is 15.3. The van der Waals surface area contributed by atoms with Crippen LogP contribution in [0.1, 0.15) is 28.9 Å². The molecule has 0 unspecified atom stereocenters. The van der Waals surface area contributed by atoms with Crippen LogP contribution in [0.25, 0.3) is 11.1 Å². The molecule has 0 radical (unpaired) electrons. The normalized spacial score (nSPS) is 13.9. The zero-order valence-electron chi connectivity index (χ0n) is 11.0. The zero-order valence-corrected chi connectivity index (χ0v) is 11.0. The maximum Gasteiger partial charge on any atom is 0.0841 e. The van der Waals surface area contributed by atoms with Crippen molar-refractivity contribution in [1.82, 2.24) is 9.78 Å². The Labute approximate surface area is 108 Å². The van der Waals surface area contributed by atoms with Crippen LogP contribution in [-0.2, 0) is 26.4 Å². The van der Waals surface area contributed by atoms with Crippen LogP contribution in [-0.4, -0.2) is 9.78 Å². The number of fused-ring (bicyclic) bond motifs is 1. The minimum atomic E-state index is 0.494. The molecule has 1 aliphatic carbocycles. The molecule has 94 valence electrons. The van der Waals surface area contributed by atoms with Crippen molar-refractivity contribution in [1.29, 1.82) is 0 Å². The first kappa shape index (κ1) is 11.5. The third-order valence-electron chi connectivity index (χ3n) is 3.99. The van der Waals surface area contributed by atoms with Crippen LogP contribution >= 0.6 is 0 Å². The number of hydrogen-bond acceptors (Lipinski definition) is 2. The van der Waals surface area contributed by atoms with Gasteiger partial charge in [0.15, 0.2) is 0 Å². The topological polar surface area (TPSA) is 43.8 Å². The summed E-state index contributed by atoms with van der Waals surface area (Å²) in [7, 11) is 1.98. The van der Waals surface area contributed by atoms with E-state index in [-0.39, 0.29) is 0 Å². The van der Waals surface area contributed by atoms with Crippen molar-refractivity contribution in [2.45, 2.75) is 32.7 Å². The number of aromatic nitrogens is 2. The molecule has 2 aromatic rings. The van der Waals surface area contributed by atoms with Crippen LogP contribution < -0.4 is 5.73 Å². The lowest BCUT2D eigenvalue weighted by molar-refractivity contribution is 0.721. The number of benzene rings is 1. The average molecular weight is 241 g/mol. The van der Waals surface area contributed by atoms with Gasteiger partial charge in [-0.3, -0.25) is 4.68 Å². The van der Waals surface area contributed by atoms with Crippen molar-refractivity contribution in [2.24, 2.45) is 12.8 Å². The Balaban J connectivity index is 2.15. The number of rotatable bonds is 2. The third kappa shape index (κ3) is 1.66. The molecule has 0 spiro atoms. The molecule has 3 heteroatoms. The van der Waals surface area contributed by atoms with Crippen LogP contribution in [0.4, 0.5) is 0 Å². The largest absolute Gasteiger partial charge is 0.325 e. The summed E-state index contributed by atoms with van der Waals surface area (Å²) >= 11 is 0. The van der Waals surface area contributed by atoms with Gasteiger partial charge >= 0.3 is 0 Å². The van der Waals surface area contributed by atoms with Crippen LogP contribution in [0, 0.1) is 6.92 Å². The van der Waals surface area contributed by atoms with Gasteiger partial charge in [0.25, 0.3) is 0 Å². The maximum atomic E-state index is 5.81. The van der Waals surface area contributed by atoms with Gasteiger partial charge in [-0.05, 0) is 42.9 Å². The van der Waals surface area contributed by atoms with E-state index in [9.17, 15) is 0 Å². The average Bonchev–Trinajstić information content (AvgIpc) is 2.94. The van der Waals surface area contributed by atoms with Gasteiger partial charge in [-0.2, -0.15) is 5.10 Å². The first-order chi connectivity index (χ1) is 8.70. The van der Waals surface area contributed by atoms with Crippen molar-refractivity contribution in [2.75, 3.05) is 0 Å². The highest BCUT2D eigenvalue weighted by Crippen LogP contribution is 2.31. The first-order valence-corrected chi connectivity index (χ1v) is 6.55. The lowest BCUT2D eigenvalue weighted by Crippen LogP contribution is -2.00. The quantitative estimate of drug-likeness (QED) is 0.877. The predicted octanol–water partition coefficient (Wildman–Crippen LogP) is 2.34. The Morgan fingerprint density at radius 3 is 2.83 bits per heavy atom. The summed E-state index contributed by atoms with van der Waals surface area (Å²) in [6, 6.07) is 6.81. The van der Waals surface area contributed by atoms with Gasteiger partial charge in [0.1, 0.15) is 0 Å². The molecule has 0 bridgehead atoms. The molecule has 1 aromatic carbocycles. The molecule has 2 N–H and O–H groups in total. The Kier molecular flexibility index (Phi) is 2.71. The van der Waals surface area contributed by atoms with E-state index in [1.54, 1.807) is 0 Å². The highest BCUT2D eigenvalue weighted by Gasteiger charge is 2.16.